The zero-order chi connectivity index (χ0) is 40.5. The number of benzene rings is 1. The van der Waals surface area contributed by atoms with Crippen molar-refractivity contribution >= 4 is 63.8 Å². The Morgan fingerprint density at radius 2 is 1.64 bits per heavy atom. The van der Waals surface area contributed by atoms with E-state index >= 15 is 0 Å². The van der Waals surface area contributed by atoms with Gasteiger partial charge in [0.25, 0.3) is 5.91 Å². The third-order valence-electron chi connectivity index (χ3n) is 10.0. The molecule has 58 heavy (non-hydrogen) atoms. The molecule has 304 valence electrons. The van der Waals surface area contributed by atoms with Crippen molar-refractivity contribution in [3.63, 3.8) is 0 Å². The van der Waals surface area contributed by atoms with Crippen molar-refractivity contribution in [1.29, 1.82) is 0 Å². The number of imide groups is 1. The summed E-state index contributed by atoms with van der Waals surface area (Å²) in [6.07, 6.45) is 27.8. The highest BCUT2D eigenvalue weighted by Crippen LogP contribution is 2.34. The van der Waals surface area contributed by atoms with Gasteiger partial charge in [-0.3, -0.25) is 29.5 Å². The lowest BCUT2D eigenvalue weighted by atomic mass is 9.88. The molecule has 1 aliphatic heterocycles. The van der Waals surface area contributed by atoms with Crippen LogP contribution in [0.3, 0.4) is 0 Å². The number of amides is 4. The molecule has 1 saturated heterocycles. The Labute approximate surface area is 344 Å². The highest BCUT2D eigenvalue weighted by atomic mass is 35.5. The highest BCUT2D eigenvalue weighted by molar-refractivity contribution is 6.32. The molecule has 4 amide bonds. The number of aromatic nitrogens is 3. The summed E-state index contributed by atoms with van der Waals surface area (Å²) in [5, 5.41) is 15.0. The van der Waals surface area contributed by atoms with Gasteiger partial charge in [0.05, 0.1) is 40.7 Å². The topological polar surface area (TPSA) is 176 Å². The Hall–Kier alpha value is -5.82. The van der Waals surface area contributed by atoms with Crippen LogP contribution in [-0.4, -0.2) is 57.8 Å². The first-order valence-corrected chi connectivity index (χ1v) is 20.6. The molecule has 0 bridgehead atoms. The van der Waals surface area contributed by atoms with Crippen LogP contribution < -0.4 is 31.3 Å². The molecule has 0 radical (unpaired) electrons. The number of hydrogen-bond acceptors (Lipinski definition) is 10. The summed E-state index contributed by atoms with van der Waals surface area (Å²) in [7, 11) is 0. The lowest BCUT2D eigenvalue weighted by molar-refractivity contribution is -0.133. The fourth-order valence-corrected chi connectivity index (χ4v) is 7.15. The molecule has 13 nitrogen and oxygen atoms in total. The number of hydrogen-bond donors (Lipinski definition) is 5. The van der Waals surface area contributed by atoms with E-state index in [1.807, 2.05) is 6.07 Å². The first-order chi connectivity index (χ1) is 28.3. The maximum Gasteiger partial charge on any atom is 0.257 e. The number of allylic oxidation sites excluding steroid dienone is 8. The molecule has 2 aliphatic carbocycles. The van der Waals surface area contributed by atoms with Gasteiger partial charge in [-0.15, -0.1) is 0 Å². The Kier molecular flexibility index (Phi) is 15.6. The molecule has 14 heteroatoms. The second kappa shape index (κ2) is 21.6. The summed E-state index contributed by atoms with van der Waals surface area (Å²) in [4.78, 5) is 61.6. The summed E-state index contributed by atoms with van der Waals surface area (Å²) >= 11 is 6.56. The zero-order valence-electron chi connectivity index (χ0n) is 32.7. The molecular formula is C44H51ClN8O5. The van der Waals surface area contributed by atoms with Gasteiger partial charge < -0.3 is 26.0 Å². The number of unbranched alkanes of at least 4 members (excludes halogenated alkanes) is 6. The molecule has 5 N–H and O–H groups in total. The largest absolute Gasteiger partial charge is 0.484 e. The highest BCUT2D eigenvalue weighted by Gasteiger charge is 2.26. The van der Waals surface area contributed by atoms with Crippen LogP contribution in [0.5, 0.6) is 5.75 Å². The molecule has 1 aromatic carbocycles. The number of nitrogens with one attached hydrogen (secondary N) is 5. The van der Waals surface area contributed by atoms with E-state index in [2.05, 4.69) is 66.9 Å². The smallest absolute Gasteiger partial charge is 0.257 e. The van der Waals surface area contributed by atoms with Gasteiger partial charge in [-0.1, -0.05) is 68.0 Å². The van der Waals surface area contributed by atoms with E-state index < -0.39 is 6.04 Å². The minimum Gasteiger partial charge on any atom is -0.484 e. The molecule has 0 saturated carbocycles. The number of ether oxygens (including phenoxy) is 1. The number of nitrogens with zero attached hydrogens (tertiary/aromatic N) is 3. The van der Waals surface area contributed by atoms with Gasteiger partial charge in [0.15, 0.2) is 6.61 Å². The average molecular weight is 807 g/mol. The molecule has 3 aliphatic rings. The van der Waals surface area contributed by atoms with Crippen LogP contribution in [0.15, 0.2) is 90.4 Å². The molecule has 6 rings (SSSR count). The fourth-order valence-electron chi connectivity index (χ4n) is 6.95. The van der Waals surface area contributed by atoms with Gasteiger partial charge >= 0.3 is 0 Å². The van der Waals surface area contributed by atoms with Crippen molar-refractivity contribution in [2.24, 2.45) is 0 Å². The predicted octanol–water partition coefficient (Wildman–Crippen LogP) is 8.12. The van der Waals surface area contributed by atoms with Crippen molar-refractivity contribution in [3.05, 3.63) is 101 Å². The molecule has 1 unspecified atom stereocenters. The Morgan fingerprint density at radius 3 is 2.43 bits per heavy atom. The number of pyridine rings is 1. The van der Waals surface area contributed by atoms with E-state index in [1.54, 1.807) is 42.9 Å². The number of piperidine rings is 1. The van der Waals surface area contributed by atoms with Crippen molar-refractivity contribution in [3.8, 4) is 5.75 Å². The number of carbonyl (C=O) groups excluding carboxylic acids is 4. The Morgan fingerprint density at radius 1 is 0.862 bits per heavy atom. The number of rotatable bonds is 20. The number of anilines is 4. The minimum atomic E-state index is -0.459. The normalized spacial score (nSPS) is 16.4. The van der Waals surface area contributed by atoms with Gasteiger partial charge in [-0.25, -0.2) is 9.97 Å². The van der Waals surface area contributed by atoms with Crippen molar-refractivity contribution < 1.29 is 23.9 Å². The monoisotopic (exact) mass is 806 g/mol. The van der Waals surface area contributed by atoms with Gasteiger partial charge in [0.1, 0.15) is 11.8 Å². The molecule has 1 atom stereocenters. The first kappa shape index (κ1) is 41.8. The van der Waals surface area contributed by atoms with Gasteiger partial charge in [-0.05, 0) is 98.1 Å². The maximum atomic E-state index is 12.7. The predicted molar refractivity (Wildman–Crippen MR) is 227 cm³/mol. The summed E-state index contributed by atoms with van der Waals surface area (Å²) < 4.78 is 5.59. The molecule has 3 aromatic rings. The van der Waals surface area contributed by atoms with Gasteiger partial charge in [0, 0.05) is 25.1 Å². The lowest BCUT2D eigenvalue weighted by Gasteiger charge is -2.22. The SMILES string of the molecule is O=C(COc1ccc(NC2CCC(=O)NC2=O)cc1)NCCCCCCCCCC(=O)Nc1cncc(Nc2ncc(Cl)c(C3=CCCC(C4=CC=CCC4)=C3)n2)c1. The first-order valence-electron chi connectivity index (χ1n) is 20.2. The molecule has 3 heterocycles. The van der Waals surface area contributed by atoms with Crippen LogP contribution in [0.2, 0.25) is 5.02 Å². The van der Waals surface area contributed by atoms with E-state index in [4.69, 9.17) is 21.3 Å². The summed E-state index contributed by atoms with van der Waals surface area (Å²) in [6.45, 7) is 0.505. The molecule has 1 fully saturated rings. The number of halogens is 1. The van der Waals surface area contributed by atoms with Gasteiger partial charge in [0.2, 0.25) is 23.7 Å². The van der Waals surface area contributed by atoms with E-state index in [1.165, 1.54) is 11.1 Å². The number of carbonyl (C=O) groups is 4. The second-order valence-corrected chi connectivity index (χ2v) is 15.0. The summed E-state index contributed by atoms with van der Waals surface area (Å²) in [5.74, 6) is 0.114. The van der Waals surface area contributed by atoms with E-state index in [0.29, 0.717) is 59.6 Å². The third kappa shape index (κ3) is 13.1. The lowest BCUT2D eigenvalue weighted by Crippen LogP contribution is -2.47. The fraction of sp³-hybridized carbons (Fsp3) is 0.386. The van der Waals surface area contributed by atoms with Crippen LogP contribution in [-0.2, 0) is 19.2 Å². The van der Waals surface area contributed by atoms with Gasteiger partial charge in [-0.2, -0.15) is 0 Å². The second-order valence-electron chi connectivity index (χ2n) is 14.6. The van der Waals surface area contributed by atoms with Crippen molar-refractivity contribution in [2.45, 2.75) is 95.9 Å². The molecule has 2 aromatic heterocycles. The zero-order valence-corrected chi connectivity index (χ0v) is 33.4. The van der Waals surface area contributed by atoms with Crippen molar-refractivity contribution in [2.75, 3.05) is 29.1 Å². The third-order valence-corrected chi connectivity index (χ3v) is 10.3. The van der Waals surface area contributed by atoms with E-state index in [9.17, 15) is 19.2 Å². The van der Waals surface area contributed by atoms with Crippen molar-refractivity contribution in [1.82, 2.24) is 25.6 Å². The molecule has 0 spiro atoms. The van der Waals surface area contributed by atoms with E-state index in [0.717, 1.165) is 81.9 Å². The quantitative estimate of drug-likeness (QED) is 0.0554. The average Bonchev–Trinajstić information content (AvgIpc) is 3.23. The van der Waals surface area contributed by atoms with Crippen LogP contribution in [0.4, 0.5) is 23.0 Å². The molecular weight excluding hydrogens is 756 g/mol. The summed E-state index contributed by atoms with van der Waals surface area (Å²) in [6, 6.07) is 8.35. The summed E-state index contributed by atoms with van der Waals surface area (Å²) in [5.41, 5.74) is 6.32. The van der Waals surface area contributed by atoms with Crippen LogP contribution in [0.1, 0.15) is 95.6 Å². The van der Waals surface area contributed by atoms with Crippen LogP contribution in [0, 0.1) is 0 Å². The van der Waals surface area contributed by atoms with Crippen LogP contribution >= 0.6 is 11.6 Å². The Bertz CT molecular complexity index is 2060. The van der Waals surface area contributed by atoms with E-state index in [-0.39, 0.29) is 30.2 Å². The Balaban J connectivity index is 0.807. The van der Waals surface area contributed by atoms with Crippen LogP contribution in [0.25, 0.3) is 5.57 Å². The minimum absolute atomic E-state index is 0.0575. The maximum absolute atomic E-state index is 12.7. The standard InChI is InChI=1S/C44H51ClN8O5/c45-37-28-48-44(53-42(37)32-15-11-14-31(24-32)30-12-7-6-8-13-30)51-35-25-34(26-46-27-35)50-39(54)16-9-4-2-1-3-5-10-23-47-41(56)29-58-36-19-17-33(18-20-36)49-38-21-22-40(55)52-43(38)57/h6-7,12,15,17-20,24-28,38,49H,1-5,8-11,13-14,16,21-23,29H2,(H,47,56)(H,50,54)(H,48,51,53)(H,52,55,57).